The summed E-state index contributed by atoms with van der Waals surface area (Å²) in [5.41, 5.74) is 3.62. The molecule has 0 radical (unpaired) electrons. The van der Waals surface area contributed by atoms with E-state index in [4.69, 9.17) is 4.74 Å². The lowest BCUT2D eigenvalue weighted by Crippen LogP contribution is -2.29. The standard InChI is InChI=1S/C15H16N2O/c1-18-13-8-6-12(7-9-13)17-11-10-16-14-4-2-3-5-15(14)17/h2-9,16H,10-11H2,1H3. The van der Waals surface area contributed by atoms with Crippen molar-refractivity contribution in [2.75, 3.05) is 30.4 Å². The molecule has 0 aromatic heterocycles. The van der Waals surface area contributed by atoms with Crippen LogP contribution in [0, 0.1) is 0 Å². The lowest BCUT2D eigenvalue weighted by molar-refractivity contribution is 0.415. The molecule has 1 heterocycles. The highest BCUT2D eigenvalue weighted by Crippen LogP contribution is 2.34. The van der Waals surface area contributed by atoms with Crippen LogP contribution in [0.4, 0.5) is 17.1 Å². The van der Waals surface area contributed by atoms with E-state index in [-0.39, 0.29) is 0 Å². The van der Waals surface area contributed by atoms with Gasteiger partial charge in [-0.05, 0) is 36.4 Å². The Balaban J connectivity index is 1.97. The second-order valence-electron chi connectivity index (χ2n) is 4.29. The molecule has 0 fully saturated rings. The third-order valence-electron chi connectivity index (χ3n) is 3.23. The molecule has 0 saturated carbocycles. The summed E-state index contributed by atoms with van der Waals surface area (Å²) >= 11 is 0. The molecule has 3 heteroatoms. The lowest BCUT2D eigenvalue weighted by atomic mass is 10.1. The maximum Gasteiger partial charge on any atom is 0.119 e. The van der Waals surface area contributed by atoms with E-state index >= 15 is 0 Å². The van der Waals surface area contributed by atoms with Gasteiger partial charge in [-0.2, -0.15) is 0 Å². The molecule has 3 rings (SSSR count). The number of rotatable bonds is 2. The molecule has 2 aromatic rings. The van der Waals surface area contributed by atoms with Crippen molar-refractivity contribution < 1.29 is 4.74 Å². The largest absolute Gasteiger partial charge is 0.497 e. The highest BCUT2D eigenvalue weighted by Gasteiger charge is 2.16. The Bertz CT molecular complexity index is 536. The molecule has 3 nitrogen and oxygen atoms in total. The summed E-state index contributed by atoms with van der Waals surface area (Å²) in [6.07, 6.45) is 0. The molecule has 0 amide bonds. The predicted molar refractivity (Wildman–Crippen MR) is 74.9 cm³/mol. The quantitative estimate of drug-likeness (QED) is 0.872. The van der Waals surface area contributed by atoms with Crippen molar-refractivity contribution >= 4 is 17.1 Å². The van der Waals surface area contributed by atoms with E-state index in [0.29, 0.717) is 0 Å². The Kier molecular flexibility index (Phi) is 2.81. The summed E-state index contributed by atoms with van der Waals surface area (Å²) < 4.78 is 5.20. The number of methoxy groups -OCH3 is 1. The third kappa shape index (κ3) is 1.88. The van der Waals surface area contributed by atoms with Crippen LogP contribution in [0.3, 0.4) is 0 Å². The van der Waals surface area contributed by atoms with Crippen molar-refractivity contribution in [2.45, 2.75) is 0 Å². The number of hydrogen-bond acceptors (Lipinski definition) is 3. The Morgan fingerprint density at radius 3 is 2.61 bits per heavy atom. The van der Waals surface area contributed by atoms with Crippen LogP contribution in [0.25, 0.3) is 0 Å². The summed E-state index contributed by atoms with van der Waals surface area (Å²) in [6, 6.07) is 16.6. The van der Waals surface area contributed by atoms with E-state index in [2.05, 4.69) is 46.6 Å². The number of ether oxygens (including phenoxy) is 1. The molecule has 18 heavy (non-hydrogen) atoms. The van der Waals surface area contributed by atoms with Crippen LogP contribution in [-0.2, 0) is 0 Å². The van der Waals surface area contributed by atoms with E-state index in [9.17, 15) is 0 Å². The Labute approximate surface area is 107 Å². The van der Waals surface area contributed by atoms with E-state index in [1.165, 1.54) is 17.1 Å². The highest BCUT2D eigenvalue weighted by molar-refractivity contribution is 5.78. The number of anilines is 3. The van der Waals surface area contributed by atoms with Crippen LogP contribution in [0.15, 0.2) is 48.5 Å². The number of para-hydroxylation sites is 2. The van der Waals surface area contributed by atoms with Gasteiger partial charge < -0.3 is 15.0 Å². The van der Waals surface area contributed by atoms with Gasteiger partial charge in [-0.15, -0.1) is 0 Å². The zero-order valence-electron chi connectivity index (χ0n) is 10.4. The van der Waals surface area contributed by atoms with Crippen molar-refractivity contribution in [3.63, 3.8) is 0 Å². The molecule has 0 saturated heterocycles. The van der Waals surface area contributed by atoms with Crippen LogP contribution in [0.2, 0.25) is 0 Å². The van der Waals surface area contributed by atoms with Crippen molar-refractivity contribution in [3.05, 3.63) is 48.5 Å². The fourth-order valence-electron chi connectivity index (χ4n) is 2.31. The maximum absolute atomic E-state index is 5.20. The van der Waals surface area contributed by atoms with Crippen LogP contribution in [-0.4, -0.2) is 20.2 Å². The first kappa shape index (κ1) is 11.0. The number of nitrogens with zero attached hydrogens (tertiary/aromatic N) is 1. The Morgan fingerprint density at radius 1 is 1.06 bits per heavy atom. The minimum absolute atomic E-state index is 0.891. The molecule has 1 aliphatic rings. The zero-order valence-corrected chi connectivity index (χ0v) is 10.4. The highest BCUT2D eigenvalue weighted by atomic mass is 16.5. The summed E-state index contributed by atoms with van der Waals surface area (Å²) in [5.74, 6) is 0.891. The normalized spacial score (nSPS) is 13.7. The third-order valence-corrected chi connectivity index (χ3v) is 3.23. The molecule has 1 aliphatic heterocycles. The summed E-state index contributed by atoms with van der Waals surface area (Å²) in [6.45, 7) is 1.94. The van der Waals surface area contributed by atoms with Gasteiger partial charge in [0, 0.05) is 18.8 Å². The van der Waals surface area contributed by atoms with Crippen LogP contribution in [0.1, 0.15) is 0 Å². The fraction of sp³-hybridized carbons (Fsp3) is 0.200. The SMILES string of the molecule is COc1ccc(N2CCNc3ccccc32)cc1. The maximum atomic E-state index is 5.20. The molecule has 0 spiro atoms. The van der Waals surface area contributed by atoms with Gasteiger partial charge in [0.1, 0.15) is 5.75 Å². The number of benzene rings is 2. The van der Waals surface area contributed by atoms with Gasteiger partial charge in [0.25, 0.3) is 0 Å². The fourth-order valence-corrected chi connectivity index (χ4v) is 2.31. The number of nitrogens with one attached hydrogen (secondary N) is 1. The van der Waals surface area contributed by atoms with Gasteiger partial charge in [0.05, 0.1) is 18.5 Å². The van der Waals surface area contributed by atoms with Gasteiger partial charge >= 0.3 is 0 Å². The molecule has 0 atom stereocenters. The van der Waals surface area contributed by atoms with Crippen molar-refractivity contribution in [2.24, 2.45) is 0 Å². The topological polar surface area (TPSA) is 24.5 Å². The van der Waals surface area contributed by atoms with Crippen molar-refractivity contribution in [1.29, 1.82) is 0 Å². The van der Waals surface area contributed by atoms with Gasteiger partial charge in [0.15, 0.2) is 0 Å². The van der Waals surface area contributed by atoms with E-state index in [1.807, 2.05) is 12.1 Å². The molecule has 2 aromatic carbocycles. The summed E-state index contributed by atoms with van der Waals surface area (Å²) in [4.78, 5) is 2.32. The van der Waals surface area contributed by atoms with Crippen LogP contribution >= 0.6 is 0 Å². The minimum Gasteiger partial charge on any atom is -0.497 e. The second kappa shape index (κ2) is 4.61. The van der Waals surface area contributed by atoms with Gasteiger partial charge in [-0.25, -0.2) is 0 Å². The molecule has 1 N–H and O–H groups in total. The molecule has 92 valence electrons. The smallest absolute Gasteiger partial charge is 0.119 e. The van der Waals surface area contributed by atoms with Gasteiger partial charge in [-0.1, -0.05) is 12.1 Å². The first-order valence-corrected chi connectivity index (χ1v) is 6.13. The first-order chi connectivity index (χ1) is 8.88. The monoisotopic (exact) mass is 240 g/mol. The van der Waals surface area contributed by atoms with E-state index in [0.717, 1.165) is 18.8 Å². The second-order valence-corrected chi connectivity index (χ2v) is 4.29. The zero-order chi connectivity index (χ0) is 12.4. The Hall–Kier alpha value is -2.16. The minimum atomic E-state index is 0.891. The average Bonchev–Trinajstić information content (AvgIpc) is 2.47. The summed E-state index contributed by atoms with van der Waals surface area (Å²) in [5, 5.41) is 3.42. The Morgan fingerprint density at radius 2 is 1.83 bits per heavy atom. The molecule has 0 unspecified atom stereocenters. The summed E-state index contributed by atoms with van der Waals surface area (Å²) in [7, 11) is 1.69. The molecular weight excluding hydrogens is 224 g/mol. The van der Waals surface area contributed by atoms with E-state index < -0.39 is 0 Å². The van der Waals surface area contributed by atoms with E-state index in [1.54, 1.807) is 7.11 Å². The molecule has 0 aliphatic carbocycles. The number of hydrogen-bond donors (Lipinski definition) is 1. The number of fused-ring (bicyclic) bond motifs is 1. The predicted octanol–water partition coefficient (Wildman–Crippen LogP) is 3.26. The molecular formula is C15H16N2O. The average molecular weight is 240 g/mol. The van der Waals surface area contributed by atoms with Crippen molar-refractivity contribution in [1.82, 2.24) is 0 Å². The first-order valence-electron chi connectivity index (χ1n) is 6.13. The van der Waals surface area contributed by atoms with Crippen LogP contribution < -0.4 is 15.0 Å². The van der Waals surface area contributed by atoms with Crippen LogP contribution in [0.5, 0.6) is 5.75 Å². The molecule has 0 bridgehead atoms. The van der Waals surface area contributed by atoms with Gasteiger partial charge in [0.2, 0.25) is 0 Å². The van der Waals surface area contributed by atoms with Crippen molar-refractivity contribution in [3.8, 4) is 5.75 Å². The van der Waals surface area contributed by atoms with Gasteiger partial charge in [-0.3, -0.25) is 0 Å². The lowest BCUT2D eigenvalue weighted by Gasteiger charge is -2.32.